The van der Waals surface area contributed by atoms with Crippen LogP contribution in [0.5, 0.6) is 0 Å². The number of aryl methyl sites for hydroxylation is 1. The molecule has 0 bridgehead atoms. The average molecular weight is 292 g/mol. The highest BCUT2D eigenvalue weighted by Crippen LogP contribution is 2.26. The fourth-order valence-corrected chi connectivity index (χ4v) is 2.16. The van der Waals surface area contributed by atoms with Crippen molar-refractivity contribution in [3.05, 3.63) is 58.9 Å². The molecule has 0 fully saturated rings. The Morgan fingerprint density at radius 1 is 1.32 bits per heavy atom. The smallest absolute Gasteiger partial charge is 0.252 e. The third-order valence-corrected chi connectivity index (χ3v) is 3.48. The van der Waals surface area contributed by atoms with Crippen LogP contribution in [0.4, 0.5) is 11.5 Å². The molecule has 0 atom stereocenters. The number of nitrogens with one attached hydrogen (secondary N) is 2. The zero-order valence-corrected chi connectivity index (χ0v) is 11.7. The maximum absolute atomic E-state index is 11.7. The van der Waals surface area contributed by atoms with Gasteiger partial charge in [0.2, 0.25) is 0 Å². The molecule has 3 aromatic rings. The summed E-state index contributed by atoms with van der Waals surface area (Å²) in [5.74, 6) is 1.22. The van der Waals surface area contributed by atoms with E-state index in [4.69, 9.17) is 0 Å². The van der Waals surface area contributed by atoms with Crippen molar-refractivity contribution in [2.24, 2.45) is 7.05 Å². The van der Waals surface area contributed by atoms with Crippen molar-refractivity contribution in [1.29, 1.82) is 0 Å². The van der Waals surface area contributed by atoms with Gasteiger partial charge in [-0.15, -0.1) is 0 Å². The van der Waals surface area contributed by atoms with Crippen LogP contribution < -0.4 is 10.9 Å². The van der Waals surface area contributed by atoms with E-state index in [0.29, 0.717) is 22.8 Å². The van der Waals surface area contributed by atoms with Crippen molar-refractivity contribution in [3.8, 4) is 0 Å². The number of anilines is 2. The van der Waals surface area contributed by atoms with E-state index in [1.165, 1.54) is 10.6 Å². The molecule has 7 nitrogen and oxygen atoms in total. The fraction of sp³-hybridized carbons (Fsp3) is 0.0667. The van der Waals surface area contributed by atoms with Crippen molar-refractivity contribution in [3.63, 3.8) is 0 Å². The summed E-state index contributed by atoms with van der Waals surface area (Å²) in [7, 11) is 1.71. The Balaban J connectivity index is 1.80. The molecule has 7 heteroatoms. The number of rotatable bonds is 3. The number of H-pyrrole nitrogens is 1. The highest BCUT2D eigenvalue weighted by molar-refractivity contribution is 5.89. The third-order valence-electron chi connectivity index (χ3n) is 3.48. The van der Waals surface area contributed by atoms with Crippen LogP contribution in [-0.4, -0.2) is 24.7 Å². The largest absolute Gasteiger partial charge is 0.338 e. The minimum atomic E-state index is -0.0928. The van der Waals surface area contributed by atoms with E-state index in [0.717, 1.165) is 11.1 Å². The maximum atomic E-state index is 11.7. The van der Waals surface area contributed by atoms with Crippen molar-refractivity contribution >= 4 is 28.1 Å². The van der Waals surface area contributed by atoms with Crippen LogP contribution in [0, 0.1) is 0 Å². The van der Waals surface area contributed by atoms with Crippen molar-refractivity contribution < 1.29 is 0 Å². The molecular weight excluding hydrogens is 280 g/mol. The van der Waals surface area contributed by atoms with Crippen molar-refractivity contribution in [2.45, 2.75) is 0 Å². The van der Waals surface area contributed by atoms with Gasteiger partial charge in [0.25, 0.3) is 5.56 Å². The molecule has 0 amide bonds. The summed E-state index contributed by atoms with van der Waals surface area (Å²) in [6, 6.07) is 3.33. The summed E-state index contributed by atoms with van der Waals surface area (Å²) in [4.78, 5) is 20.7. The van der Waals surface area contributed by atoms with Gasteiger partial charge in [0, 0.05) is 30.6 Å². The zero-order valence-electron chi connectivity index (χ0n) is 11.7. The predicted molar refractivity (Wildman–Crippen MR) is 83.8 cm³/mol. The second-order valence-corrected chi connectivity index (χ2v) is 5.00. The van der Waals surface area contributed by atoms with Gasteiger partial charge in [-0.2, -0.15) is 5.10 Å². The van der Waals surface area contributed by atoms with Gasteiger partial charge in [0.05, 0.1) is 6.20 Å². The lowest BCUT2D eigenvalue weighted by Gasteiger charge is -2.10. The van der Waals surface area contributed by atoms with Crippen LogP contribution in [0.2, 0.25) is 0 Å². The number of hydrogen-bond donors (Lipinski definition) is 2. The Labute approximate surface area is 125 Å². The Hall–Kier alpha value is -3.22. The predicted octanol–water partition coefficient (Wildman–Crippen LogP) is 1.75. The van der Waals surface area contributed by atoms with Crippen LogP contribution in [0.1, 0.15) is 5.82 Å². The first kappa shape index (κ1) is 12.5. The lowest BCUT2D eigenvalue weighted by Crippen LogP contribution is -2.15. The van der Waals surface area contributed by atoms with Gasteiger partial charge >= 0.3 is 0 Å². The molecule has 1 aliphatic rings. The van der Waals surface area contributed by atoms with E-state index in [1.54, 1.807) is 19.4 Å². The SMILES string of the molecule is Cn1ccc(Nc2nc(C3=CC=C3)nc3cn[nH]c23)cc1=O. The number of nitrogens with zero attached hydrogens (tertiary/aromatic N) is 4. The zero-order chi connectivity index (χ0) is 15.1. The molecular formula is C15H12N6O. The summed E-state index contributed by atoms with van der Waals surface area (Å²) in [5.41, 5.74) is 2.97. The van der Waals surface area contributed by atoms with Gasteiger partial charge < -0.3 is 9.88 Å². The highest BCUT2D eigenvalue weighted by Gasteiger charge is 2.13. The standard InChI is InChI=1S/C15H12N6O/c1-21-6-5-10(7-12(21)22)17-15-13-11(8-16-20-13)18-14(19-15)9-3-2-4-9/h2-8H,1H3,(H,16,20)(H,17,18,19). The normalized spacial score (nSPS) is 13.0. The molecule has 0 spiro atoms. The number of aromatic amines is 1. The van der Waals surface area contributed by atoms with Crippen LogP contribution in [0.15, 0.2) is 47.5 Å². The van der Waals surface area contributed by atoms with E-state index in [9.17, 15) is 4.79 Å². The van der Waals surface area contributed by atoms with E-state index in [1.807, 2.05) is 24.3 Å². The quantitative estimate of drug-likeness (QED) is 0.767. The molecule has 0 radical (unpaired) electrons. The summed E-state index contributed by atoms with van der Waals surface area (Å²) < 4.78 is 1.51. The molecule has 3 heterocycles. The van der Waals surface area contributed by atoms with Crippen molar-refractivity contribution in [2.75, 3.05) is 5.32 Å². The summed E-state index contributed by atoms with van der Waals surface area (Å²) in [6.07, 6.45) is 9.19. The molecule has 0 aromatic carbocycles. The van der Waals surface area contributed by atoms with E-state index < -0.39 is 0 Å². The Morgan fingerprint density at radius 3 is 2.91 bits per heavy atom. The Morgan fingerprint density at radius 2 is 2.18 bits per heavy atom. The second-order valence-electron chi connectivity index (χ2n) is 5.00. The molecule has 22 heavy (non-hydrogen) atoms. The highest BCUT2D eigenvalue weighted by atomic mass is 16.1. The number of pyridine rings is 1. The maximum Gasteiger partial charge on any atom is 0.252 e. The number of hydrogen-bond acceptors (Lipinski definition) is 5. The Kier molecular flexibility index (Phi) is 2.65. The molecule has 4 rings (SSSR count). The minimum Gasteiger partial charge on any atom is -0.338 e. The summed E-state index contributed by atoms with van der Waals surface area (Å²) >= 11 is 0. The first-order valence-corrected chi connectivity index (χ1v) is 6.74. The minimum absolute atomic E-state index is 0.0928. The molecule has 108 valence electrons. The fourth-order valence-electron chi connectivity index (χ4n) is 2.16. The topological polar surface area (TPSA) is 88.5 Å². The Bertz CT molecular complexity index is 995. The number of aromatic nitrogens is 5. The average Bonchev–Trinajstić information content (AvgIpc) is 2.90. The number of fused-ring (bicyclic) bond motifs is 1. The molecule has 3 aromatic heterocycles. The van der Waals surface area contributed by atoms with Crippen LogP contribution in [-0.2, 0) is 7.05 Å². The van der Waals surface area contributed by atoms with Crippen molar-refractivity contribution in [1.82, 2.24) is 24.7 Å². The monoisotopic (exact) mass is 292 g/mol. The first-order chi connectivity index (χ1) is 10.7. The molecule has 0 saturated carbocycles. The lowest BCUT2D eigenvalue weighted by atomic mass is 10.1. The van der Waals surface area contributed by atoms with Crippen LogP contribution in [0.3, 0.4) is 0 Å². The third kappa shape index (κ3) is 1.99. The van der Waals surface area contributed by atoms with Gasteiger partial charge in [-0.3, -0.25) is 9.89 Å². The van der Waals surface area contributed by atoms with Crippen LogP contribution in [0.25, 0.3) is 16.6 Å². The van der Waals surface area contributed by atoms with Crippen LogP contribution >= 0.6 is 0 Å². The molecule has 2 N–H and O–H groups in total. The second kappa shape index (κ2) is 4.66. The molecule has 1 aliphatic carbocycles. The van der Waals surface area contributed by atoms with Gasteiger partial charge in [0.1, 0.15) is 11.0 Å². The summed E-state index contributed by atoms with van der Waals surface area (Å²) in [5, 5.41) is 10.0. The lowest BCUT2D eigenvalue weighted by molar-refractivity contribution is 0.861. The number of allylic oxidation sites excluding steroid dienone is 4. The van der Waals surface area contributed by atoms with E-state index >= 15 is 0 Å². The molecule has 0 aliphatic heterocycles. The molecule has 0 saturated heterocycles. The first-order valence-electron chi connectivity index (χ1n) is 6.74. The summed E-state index contributed by atoms with van der Waals surface area (Å²) in [6.45, 7) is 0. The molecule has 0 unspecified atom stereocenters. The van der Waals surface area contributed by atoms with E-state index in [2.05, 4.69) is 25.5 Å². The van der Waals surface area contributed by atoms with Gasteiger partial charge in [-0.25, -0.2) is 9.97 Å². The van der Waals surface area contributed by atoms with E-state index in [-0.39, 0.29) is 5.56 Å². The van der Waals surface area contributed by atoms with Gasteiger partial charge in [0.15, 0.2) is 11.6 Å². The van der Waals surface area contributed by atoms with Gasteiger partial charge in [-0.05, 0) is 6.07 Å². The van der Waals surface area contributed by atoms with Gasteiger partial charge in [-0.1, -0.05) is 18.2 Å².